The number of benzene rings is 3. The smallest absolute Gasteiger partial charge is 0.333 e. The van der Waals surface area contributed by atoms with Crippen LogP contribution in [0.1, 0.15) is 100 Å². The lowest BCUT2D eigenvalue weighted by atomic mass is 9.79. The van der Waals surface area contributed by atoms with Gasteiger partial charge >= 0.3 is 11.9 Å². The number of aryl methyl sites for hydroxylation is 3. The first-order valence-electron chi connectivity index (χ1n) is 20.3. The highest BCUT2D eigenvalue weighted by atomic mass is 16.5. The van der Waals surface area contributed by atoms with E-state index in [1.807, 2.05) is 0 Å². The van der Waals surface area contributed by atoms with Gasteiger partial charge in [-0.05, 0) is 141 Å². The van der Waals surface area contributed by atoms with Crippen LogP contribution in [0.15, 0.2) is 78.9 Å². The third kappa shape index (κ3) is 12.6. The highest BCUT2D eigenvalue weighted by Crippen LogP contribution is 2.38. The Morgan fingerprint density at radius 1 is 0.732 bits per heavy atom. The Hall–Kier alpha value is -4.24. The molecule has 4 rings (SSSR count). The van der Waals surface area contributed by atoms with Crippen LogP contribution in [0.4, 0.5) is 0 Å². The molecule has 0 atom stereocenters. The van der Waals surface area contributed by atoms with Gasteiger partial charge in [-0.3, -0.25) is 0 Å². The molecule has 0 unspecified atom stereocenters. The lowest BCUT2D eigenvalue weighted by molar-refractivity contribution is -0.139. The highest BCUT2D eigenvalue weighted by Gasteiger charge is 2.29. The van der Waals surface area contributed by atoms with Crippen LogP contribution >= 0.6 is 0 Å². The summed E-state index contributed by atoms with van der Waals surface area (Å²) in [4.78, 5) is 24.3. The van der Waals surface area contributed by atoms with E-state index in [0.29, 0.717) is 67.9 Å². The van der Waals surface area contributed by atoms with Gasteiger partial charge in [-0.25, -0.2) is 9.59 Å². The van der Waals surface area contributed by atoms with E-state index in [0.717, 1.165) is 33.7 Å². The molecule has 8 heteroatoms. The summed E-state index contributed by atoms with van der Waals surface area (Å²) < 4.78 is 22.7. The van der Waals surface area contributed by atoms with Crippen LogP contribution in [-0.4, -0.2) is 68.9 Å². The second kappa shape index (κ2) is 21.9. The third-order valence-electron chi connectivity index (χ3n) is 11.2. The average molecular weight is 769 g/mol. The van der Waals surface area contributed by atoms with Crippen molar-refractivity contribution in [3.63, 3.8) is 0 Å². The Morgan fingerprint density at radius 2 is 1.27 bits per heavy atom. The number of esters is 2. The van der Waals surface area contributed by atoms with Crippen LogP contribution < -0.4 is 4.74 Å². The van der Waals surface area contributed by atoms with Crippen molar-refractivity contribution in [1.29, 1.82) is 0 Å². The molecule has 1 saturated carbocycles. The number of methoxy groups -OCH3 is 1. The number of ether oxygens (including phenoxy) is 4. The lowest BCUT2D eigenvalue weighted by Crippen LogP contribution is -2.33. The molecule has 0 bridgehead atoms. The van der Waals surface area contributed by atoms with Crippen LogP contribution in [0.5, 0.6) is 5.75 Å². The van der Waals surface area contributed by atoms with Crippen molar-refractivity contribution >= 4 is 11.9 Å². The number of aliphatic hydroxyl groups is 2. The van der Waals surface area contributed by atoms with Gasteiger partial charge < -0.3 is 29.2 Å². The molecule has 1 fully saturated rings. The molecule has 0 heterocycles. The minimum atomic E-state index is -0.752. The van der Waals surface area contributed by atoms with Gasteiger partial charge in [0.1, 0.15) is 5.75 Å². The number of hydrogen-bond donors (Lipinski definition) is 2. The number of carbonyl (C=O) groups is 2. The van der Waals surface area contributed by atoms with Crippen molar-refractivity contribution in [1.82, 2.24) is 0 Å². The first-order valence-corrected chi connectivity index (χ1v) is 20.3. The molecule has 56 heavy (non-hydrogen) atoms. The summed E-state index contributed by atoms with van der Waals surface area (Å²) in [6.45, 7) is 15.8. The topological polar surface area (TPSA) is 112 Å². The monoisotopic (exact) mass is 768 g/mol. The molecule has 1 aliphatic carbocycles. The number of carbonyl (C=O) groups excluding carboxylic acids is 2. The largest absolute Gasteiger partial charge is 0.493 e. The molecule has 3 aromatic carbocycles. The molecule has 0 saturated heterocycles. The van der Waals surface area contributed by atoms with Crippen LogP contribution in [-0.2, 0) is 36.6 Å². The van der Waals surface area contributed by atoms with Gasteiger partial charge in [0.2, 0.25) is 0 Å². The minimum Gasteiger partial charge on any atom is -0.493 e. The van der Waals surface area contributed by atoms with Gasteiger partial charge in [0, 0.05) is 30.3 Å². The molecule has 0 aromatic heterocycles. The van der Waals surface area contributed by atoms with E-state index < -0.39 is 17.4 Å². The highest BCUT2D eigenvalue weighted by molar-refractivity contribution is 5.87. The number of hydrogen-bond acceptors (Lipinski definition) is 8. The summed E-state index contributed by atoms with van der Waals surface area (Å²) in [5, 5.41) is 20.5. The second-order valence-corrected chi connectivity index (χ2v) is 15.9. The maximum absolute atomic E-state index is 12.1. The van der Waals surface area contributed by atoms with Gasteiger partial charge in [-0.1, -0.05) is 75.4 Å². The Labute approximate surface area is 334 Å². The quantitative estimate of drug-likeness (QED) is 0.0591. The van der Waals surface area contributed by atoms with Gasteiger partial charge in [0.25, 0.3) is 0 Å². The van der Waals surface area contributed by atoms with E-state index in [9.17, 15) is 19.8 Å². The summed E-state index contributed by atoms with van der Waals surface area (Å²) in [7, 11) is 1.60. The molecule has 0 aliphatic heterocycles. The van der Waals surface area contributed by atoms with Crippen molar-refractivity contribution in [3.05, 3.63) is 101 Å². The molecule has 2 N–H and O–H groups in total. The molecule has 8 nitrogen and oxygen atoms in total. The van der Waals surface area contributed by atoms with Gasteiger partial charge in [-0.2, -0.15) is 0 Å². The van der Waals surface area contributed by atoms with Crippen molar-refractivity contribution in [2.24, 2.45) is 11.3 Å². The maximum atomic E-state index is 12.1. The van der Waals surface area contributed by atoms with Crippen molar-refractivity contribution < 1.29 is 38.7 Å². The van der Waals surface area contributed by atoms with Crippen LogP contribution in [0.3, 0.4) is 0 Å². The van der Waals surface area contributed by atoms with Crippen molar-refractivity contribution in [3.8, 4) is 28.0 Å². The zero-order valence-corrected chi connectivity index (χ0v) is 34.4. The van der Waals surface area contributed by atoms with E-state index in [2.05, 4.69) is 81.6 Å². The van der Waals surface area contributed by atoms with E-state index in [1.54, 1.807) is 21.0 Å². The average Bonchev–Trinajstić information content (AvgIpc) is 3.20. The summed E-state index contributed by atoms with van der Waals surface area (Å²) in [5.74, 6) is 1.35. The molecule has 304 valence electrons. The Morgan fingerprint density at radius 3 is 1.77 bits per heavy atom. The summed E-state index contributed by atoms with van der Waals surface area (Å²) in [6.07, 6.45) is 8.31. The number of aliphatic hydroxyl groups excluding tert-OH is 2. The van der Waals surface area contributed by atoms with Gasteiger partial charge in [0.05, 0.1) is 33.0 Å². The summed E-state index contributed by atoms with van der Waals surface area (Å²) >= 11 is 0. The van der Waals surface area contributed by atoms with E-state index in [-0.39, 0.29) is 33.0 Å². The molecule has 0 radical (unpaired) electrons. The molecule has 1 aliphatic rings. The molecule has 0 amide bonds. The van der Waals surface area contributed by atoms with Crippen LogP contribution in [0.25, 0.3) is 22.3 Å². The fourth-order valence-electron chi connectivity index (χ4n) is 7.46. The van der Waals surface area contributed by atoms with Crippen LogP contribution in [0.2, 0.25) is 0 Å². The zero-order chi connectivity index (χ0) is 40.7. The van der Waals surface area contributed by atoms with Crippen LogP contribution in [0, 0.1) is 18.3 Å². The van der Waals surface area contributed by atoms with E-state index in [1.165, 1.54) is 42.4 Å². The lowest BCUT2D eigenvalue weighted by Gasteiger charge is -2.30. The normalized spacial score (nSPS) is 15.6. The molecular formula is C48H64O8. The van der Waals surface area contributed by atoms with E-state index in [4.69, 9.17) is 18.9 Å². The predicted molar refractivity (Wildman–Crippen MR) is 224 cm³/mol. The van der Waals surface area contributed by atoms with Crippen molar-refractivity contribution in [2.45, 2.75) is 97.8 Å². The molecule has 3 aromatic rings. The van der Waals surface area contributed by atoms with Gasteiger partial charge in [0.15, 0.2) is 0 Å². The van der Waals surface area contributed by atoms with Crippen molar-refractivity contribution in [2.75, 3.05) is 46.8 Å². The minimum absolute atomic E-state index is 0.198. The molecule has 0 spiro atoms. The summed E-state index contributed by atoms with van der Waals surface area (Å²) in [6, 6.07) is 20.0. The third-order valence-corrected chi connectivity index (χ3v) is 11.2. The zero-order valence-electron chi connectivity index (χ0n) is 34.4. The standard InChI is InChI=1S/C48H64O8/c1-33(2)46(51)55-24-8-10-41-29-43(44-21-20-40(28-36(44)6)39-18-16-38(17-19-39)37-14-12-35(5)13-15-37)30-42(11-9-25-56-47(52)34(3)4)45(41)54-27-23-48(31-49,32-50)22-26-53-7/h16-21,28-30,35,37,49-50H,1,3,8-15,22-27,31-32H2,2,4-7H3. The first kappa shape index (κ1) is 44.5. The van der Waals surface area contributed by atoms with Gasteiger partial charge in [-0.15, -0.1) is 0 Å². The Kier molecular flexibility index (Phi) is 17.4. The Balaban J connectivity index is 1.67. The number of rotatable bonds is 22. The Bertz CT molecular complexity index is 1710. The van der Waals surface area contributed by atoms with E-state index >= 15 is 0 Å². The first-order chi connectivity index (χ1) is 26.9. The predicted octanol–water partition coefficient (Wildman–Crippen LogP) is 9.50. The molecular weight excluding hydrogens is 705 g/mol. The second-order valence-electron chi connectivity index (χ2n) is 15.9. The SMILES string of the molecule is C=C(C)C(=O)OCCCc1cc(-c2ccc(-c3ccc(C4CCC(C)CC4)cc3)cc2C)cc(CCCOC(=O)C(=C)C)c1OCCC(CO)(CO)CCOC. The summed E-state index contributed by atoms with van der Waals surface area (Å²) in [5.41, 5.74) is 8.92. The fraction of sp³-hybridized carbons (Fsp3) is 0.500. The fourth-order valence-corrected chi connectivity index (χ4v) is 7.46. The maximum Gasteiger partial charge on any atom is 0.333 e.